The lowest BCUT2D eigenvalue weighted by Gasteiger charge is -2.16. The maximum Gasteiger partial charge on any atom is 0.416 e. The molecule has 14 heteroatoms. The molecule has 1 heterocycles. The summed E-state index contributed by atoms with van der Waals surface area (Å²) in [6, 6.07) is 5.36. The van der Waals surface area contributed by atoms with E-state index in [1.807, 2.05) is 0 Å². The molecule has 2 aromatic rings. The van der Waals surface area contributed by atoms with Crippen LogP contribution in [0.15, 0.2) is 41.3 Å². The van der Waals surface area contributed by atoms with Gasteiger partial charge in [0, 0.05) is 30.9 Å². The molecule has 0 saturated carbocycles. The molecule has 166 valence electrons. The van der Waals surface area contributed by atoms with Crippen LogP contribution < -0.4 is 5.32 Å². The topological polar surface area (TPSA) is 136 Å². The van der Waals surface area contributed by atoms with E-state index >= 15 is 0 Å². The van der Waals surface area contributed by atoms with Crippen molar-refractivity contribution in [2.45, 2.75) is 23.9 Å². The van der Waals surface area contributed by atoms with E-state index in [4.69, 9.17) is 0 Å². The summed E-state index contributed by atoms with van der Waals surface area (Å²) < 4.78 is 65.7. The van der Waals surface area contributed by atoms with Crippen molar-refractivity contribution in [1.82, 2.24) is 4.31 Å². The first-order valence-electron chi connectivity index (χ1n) is 8.82. The third-order valence-corrected chi connectivity index (χ3v) is 6.52. The zero-order chi connectivity index (χ0) is 23.0. The van der Waals surface area contributed by atoms with E-state index in [0.717, 1.165) is 6.07 Å². The summed E-state index contributed by atoms with van der Waals surface area (Å²) >= 11 is 0. The van der Waals surface area contributed by atoms with Gasteiger partial charge in [-0.25, -0.2) is 8.42 Å². The number of anilines is 2. The van der Waals surface area contributed by atoms with Crippen LogP contribution in [0.1, 0.15) is 18.4 Å². The Labute approximate surface area is 173 Å². The van der Waals surface area contributed by atoms with Gasteiger partial charge in [-0.1, -0.05) is 6.07 Å². The number of rotatable bonds is 6. The molecule has 1 aliphatic heterocycles. The van der Waals surface area contributed by atoms with Gasteiger partial charge in [0.2, 0.25) is 10.0 Å². The molecule has 1 aliphatic rings. The second-order valence-corrected chi connectivity index (χ2v) is 8.60. The number of nitrogens with one attached hydrogen (secondary N) is 1. The van der Waals surface area contributed by atoms with E-state index < -0.39 is 48.7 Å². The van der Waals surface area contributed by atoms with Gasteiger partial charge in [-0.3, -0.25) is 20.2 Å². The number of hydrogen-bond donors (Lipinski definition) is 1. The molecule has 0 spiro atoms. The molecule has 0 bridgehead atoms. The molecular weight excluding hydrogens is 445 g/mol. The van der Waals surface area contributed by atoms with Crippen LogP contribution in [0.2, 0.25) is 0 Å². The maximum absolute atomic E-state index is 13.0. The average Bonchev–Trinajstić information content (AvgIpc) is 3.22. The molecule has 0 radical (unpaired) electrons. The van der Waals surface area contributed by atoms with Gasteiger partial charge in [-0.2, -0.15) is 17.5 Å². The van der Waals surface area contributed by atoms with Crippen LogP contribution in [0.3, 0.4) is 0 Å². The molecule has 0 aromatic heterocycles. The highest BCUT2D eigenvalue weighted by molar-refractivity contribution is 7.89. The summed E-state index contributed by atoms with van der Waals surface area (Å²) in [5.74, 6) is 0. The molecule has 2 aromatic carbocycles. The van der Waals surface area contributed by atoms with E-state index in [1.165, 1.54) is 22.5 Å². The van der Waals surface area contributed by atoms with Crippen molar-refractivity contribution in [2.75, 3.05) is 18.4 Å². The smallest absolute Gasteiger partial charge is 0.344 e. The lowest BCUT2D eigenvalue weighted by molar-refractivity contribution is -0.392. The molecule has 0 atom stereocenters. The first-order valence-corrected chi connectivity index (χ1v) is 10.3. The second-order valence-electron chi connectivity index (χ2n) is 6.67. The number of alkyl halides is 3. The highest BCUT2D eigenvalue weighted by Gasteiger charge is 2.38. The minimum atomic E-state index is -5.04. The summed E-state index contributed by atoms with van der Waals surface area (Å²) in [7, 11) is -3.86. The standard InChI is InChI=1S/C17H15F3N4O6S/c18-17(19,20)11-8-14(23(25)26)16(15(9-11)24(27)28)21-12-4-3-5-13(10-12)31(29,30)22-6-1-2-7-22/h3-5,8-10,21H,1-2,6-7H2. The molecule has 0 unspecified atom stereocenters. The Balaban J connectivity index is 2.08. The predicted octanol–water partition coefficient (Wildman–Crippen LogP) is 4.05. The minimum absolute atomic E-state index is 0.0776. The monoisotopic (exact) mass is 460 g/mol. The normalized spacial score (nSPS) is 15.1. The van der Waals surface area contributed by atoms with Crippen LogP contribution >= 0.6 is 0 Å². The highest BCUT2D eigenvalue weighted by atomic mass is 32.2. The number of hydrogen-bond acceptors (Lipinski definition) is 7. The van der Waals surface area contributed by atoms with E-state index in [1.54, 1.807) is 0 Å². The van der Waals surface area contributed by atoms with Crippen molar-refractivity contribution >= 4 is 32.8 Å². The lowest BCUT2D eigenvalue weighted by atomic mass is 10.1. The highest BCUT2D eigenvalue weighted by Crippen LogP contribution is 2.42. The average molecular weight is 460 g/mol. The molecule has 0 aliphatic carbocycles. The molecule has 3 rings (SSSR count). The zero-order valence-electron chi connectivity index (χ0n) is 15.6. The van der Waals surface area contributed by atoms with E-state index in [9.17, 15) is 41.8 Å². The summed E-state index contributed by atoms with van der Waals surface area (Å²) in [6.45, 7) is 0.658. The fourth-order valence-corrected chi connectivity index (χ4v) is 4.71. The van der Waals surface area contributed by atoms with Gasteiger partial charge in [0.05, 0.1) is 20.3 Å². The van der Waals surface area contributed by atoms with Crippen LogP contribution in [0.25, 0.3) is 0 Å². The van der Waals surface area contributed by atoms with Crippen molar-refractivity contribution in [2.24, 2.45) is 0 Å². The molecule has 1 N–H and O–H groups in total. The summed E-state index contributed by atoms with van der Waals surface area (Å²) in [5, 5.41) is 25.0. The minimum Gasteiger partial charge on any atom is -0.344 e. The van der Waals surface area contributed by atoms with Crippen LogP contribution in [0.4, 0.5) is 35.9 Å². The van der Waals surface area contributed by atoms with Gasteiger partial charge in [-0.15, -0.1) is 0 Å². The van der Waals surface area contributed by atoms with Gasteiger partial charge in [0.1, 0.15) is 0 Å². The maximum atomic E-state index is 13.0. The van der Waals surface area contributed by atoms with Gasteiger partial charge in [0.25, 0.3) is 11.4 Å². The fraction of sp³-hybridized carbons (Fsp3) is 0.294. The van der Waals surface area contributed by atoms with Crippen molar-refractivity contribution in [3.05, 3.63) is 62.2 Å². The van der Waals surface area contributed by atoms with E-state index in [-0.39, 0.29) is 22.7 Å². The van der Waals surface area contributed by atoms with Gasteiger partial charge >= 0.3 is 6.18 Å². The third-order valence-electron chi connectivity index (χ3n) is 4.62. The van der Waals surface area contributed by atoms with Crippen LogP contribution in [0, 0.1) is 20.2 Å². The van der Waals surface area contributed by atoms with Gasteiger partial charge in [0.15, 0.2) is 5.69 Å². The van der Waals surface area contributed by atoms with Crippen molar-refractivity contribution in [3.63, 3.8) is 0 Å². The number of nitrogens with zero attached hydrogens (tertiary/aromatic N) is 3. The van der Waals surface area contributed by atoms with Crippen LogP contribution in [-0.4, -0.2) is 35.7 Å². The van der Waals surface area contributed by atoms with Crippen molar-refractivity contribution < 1.29 is 31.4 Å². The second kappa shape index (κ2) is 8.11. The van der Waals surface area contributed by atoms with Crippen LogP contribution in [-0.2, 0) is 16.2 Å². The Kier molecular flexibility index (Phi) is 5.87. The summed E-state index contributed by atoms with van der Waals surface area (Å²) in [5.41, 5.74) is -4.77. The summed E-state index contributed by atoms with van der Waals surface area (Å²) in [4.78, 5) is 20.2. The largest absolute Gasteiger partial charge is 0.416 e. The number of benzene rings is 2. The number of nitro benzene ring substituents is 2. The number of sulfonamides is 1. The molecule has 0 amide bonds. The quantitative estimate of drug-likeness (QED) is 0.507. The van der Waals surface area contributed by atoms with Crippen molar-refractivity contribution in [3.8, 4) is 0 Å². The van der Waals surface area contributed by atoms with Crippen LogP contribution in [0.5, 0.6) is 0 Å². The molecule has 31 heavy (non-hydrogen) atoms. The van der Waals surface area contributed by atoms with E-state index in [2.05, 4.69) is 5.32 Å². The Morgan fingerprint density at radius 1 is 0.968 bits per heavy atom. The number of nitro groups is 2. The molecule has 1 fully saturated rings. The predicted molar refractivity (Wildman–Crippen MR) is 102 cm³/mol. The van der Waals surface area contributed by atoms with E-state index in [0.29, 0.717) is 25.9 Å². The summed E-state index contributed by atoms with van der Waals surface area (Å²) in [6.07, 6.45) is -3.65. The molecule has 10 nitrogen and oxygen atoms in total. The first kappa shape index (κ1) is 22.4. The zero-order valence-corrected chi connectivity index (χ0v) is 16.4. The third kappa shape index (κ3) is 4.59. The Morgan fingerprint density at radius 2 is 1.52 bits per heavy atom. The SMILES string of the molecule is O=[N+]([O-])c1cc(C(F)(F)F)cc([N+](=O)[O-])c1Nc1cccc(S(=O)(=O)N2CCCC2)c1. The van der Waals surface area contributed by atoms with Gasteiger partial charge < -0.3 is 5.32 Å². The van der Waals surface area contributed by atoms with Gasteiger partial charge in [-0.05, 0) is 31.0 Å². The molecule has 1 saturated heterocycles. The Morgan fingerprint density at radius 3 is 2.00 bits per heavy atom. The first-order chi connectivity index (χ1) is 14.4. The number of halogens is 3. The van der Waals surface area contributed by atoms with Crippen molar-refractivity contribution in [1.29, 1.82) is 0 Å². The fourth-order valence-electron chi connectivity index (χ4n) is 3.15. The Hall–Kier alpha value is -3.26. The Bertz CT molecular complexity index is 1110. The lowest BCUT2D eigenvalue weighted by Crippen LogP contribution is -2.27. The molecular formula is C17H15F3N4O6S.